The summed E-state index contributed by atoms with van der Waals surface area (Å²) in [6.07, 6.45) is 2.18. The predicted molar refractivity (Wildman–Crippen MR) is 99.3 cm³/mol. The molecule has 0 aromatic heterocycles. The zero-order valence-electron chi connectivity index (χ0n) is 15.0. The molecule has 0 N–H and O–H groups in total. The molecule has 1 aromatic carbocycles. The van der Waals surface area contributed by atoms with E-state index in [0.29, 0.717) is 42.2 Å². The first-order valence-electron chi connectivity index (χ1n) is 8.80. The summed E-state index contributed by atoms with van der Waals surface area (Å²) in [6, 6.07) is 5.26. The van der Waals surface area contributed by atoms with E-state index in [1.54, 1.807) is 30.1 Å². The van der Waals surface area contributed by atoms with E-state index >= 15 is 0 Å². The second-order valence-electron chi connectivity index (χ2n) is 6.88. The van der Waals surface area contributed by atoms with E-state index in [1.807, 2.05) is 6.92 Å². The van der Waals surface area contributed by atoms with Crippen LogP contribution in [0.25, 0.3) is 0 Å². The minimum absolute atomic E-state index is 0.0505. The van der Waals surface area contributed by atoms with Crippen LogP contribution in [0.3, 0.4) is 0 Å². The molecule has 26 heavy (non-hydrogen) atoms. The summed E-state index contributed by atoms with van der Waals surface area (Å²) in [5, 5.41) is 5.93. The molecule has 2 heterocycles. The van der Waals surface area contributed by atoms with Gasteiger partial charge < -0.3 is 4.90 Å². The number of carbonyl (C=O) groups excluding carboxylic acids is 3. The average Bonchev–Trinajstić information content (AvgIpc) is 2.63. The molecule has 2 aliphatic heterocycles. The number of hydrogen-bond donors (Lipinski definition) is 0. The summed E-state index contributed by atoms with van der Waals surface area (Å²) in [7, 11) is 1.56. The van der Waals surface area contributed by atoms with Gasteiger partial charge in [-0.25, -0.2) is 5.01 Å². The molecule has 0 spiro atoms. The Balaban J connectivity index is 1.73. The number of ketones is 1. The quantitative estimate of drug-likeness (QED) is 0.762. The van der Waals surface area contributed by atoms with Gasteiger partial charge in [0, 0.05) is 49.5 Å². The van der Waals surface area contributed by atoms with E-state index in [2.05, 4.69) is 5.10 Å². The maximum Gasteiger partial charge on any atom is 0.270 e. The van der Waals surface area contributed by atoms with Crippen molar-refractivity contribution in [2.45, 2.75) is 32.6 Å². The van der Waals surface area contributed by atoms with Crippen molar-refractivity contribution in [3.8, 4) is 0 Å². The van der Waals surface area contributed by atoms with Crippen molar-refractivity contribution >= 4 is 34.9 Å². The molecule has 3 rings (SSSR count). The van der Waals surface area contributed by atoms with E-state index in [4.69, 9.17) is 11.6 Å². The summed E-state index contributed by atoms with van der Waals surface area (Å²) in [6.45, 7) is 2.86. The molecule has 1 fully saturated rings. The van der Waals surface area contributed by atoms with Crippen molar-refractivity contribution in [3.63, 3.8) is 0 Å². The normalized spacial score (nSPS) is 20.8. The summed E-state index contributed by atoms with van der Waals surface area (Å²) in [5.41, 5.74) is 1.90. The lowest BCUT2D eigenvalue weighted by Gasteiger charge is -2.33. The Morgan fingerprint density at radius 2 is 2.04 bits per heavy atom. The molecule has 2 aliphatic rings. The van der Waals surface area contributed by atoms with Crippen molar-refractivity contribution in [2.75, 3.05) is 20.1 Å². The number of nitrogens with zero attached hydrogens (tertiary/aromatic N) is 3. The predicted octanol–water partition coefficient (Wildman–Crippen LogP) is 2.68. The Morgan fingerprint density at radius 1 is 1.27 bits per heavy atom. The molecular weight excluding hydrogens is 354 g/mol. The molecule has 1 atom stereocenters. The molecule has 0 aliphatic carbocycles. The summed E-state index contributed by atoms with van der Waals surface area (Å²) in [4.78, 5) is 38.9. The second-order valence-corrected chi connectivity index (χ2v) is 7.31. The lowest BCUT2D eigenvalue weighted by atomic mass is 9.88. The zero-order valence-corrected chi connectivity index (χ0v) is 15.8. The fraction of sp³-hybridized carbons (Fsp3) is 0.474. The Hall–Kier alpha value is -2.21. The molecular formula is C19H22ClN3O3. The number of piperidine rings is 1. The number of hydrogen-bond acceptors (Lipinski definition) is 4. The third-order valence-electron chi connectivity index (χ3n) is 4.99. The van der Waals surface area contributed by atoms with E-state index in [0.717, 1.165) is 18.4 Å². The molecule has 0 saturated carbocycles. The third-order valence-corrected chi connectivity index (χ3v) is 5.22. The van der Waals surface area contributed by atoms with E-state index in [9.17, 15) is 14.4 Å². The van der Waals surface area contributed by atoms with Gasteiger partial charge in [-0.3, -0.25) is 14.4 Å². The number of aryl methyl sites for hydroxylation is 1. The van der Waals surface area contributed by atoms with Crippen LogP contribution in [-0.4, -0.2) is 53.4 Å². The SMILES string of the molecule is Cc1cc(Cl)ccc1C(=O)[C@@H]1CCCN(C(=O)C2=NN(C)C(=O)CC2)C1. The minimum Gasteiger partial charge on any atom is -0.337 e. The maximum atomic E-state index is 12.9. The van der Waals surface area contributed by atoms with E-state index in [1.165, 1.54) is 5.01 Å². The number of amides is 2. The molecule has 7 heteroatoms. The number of halogens is 1. The van der Waals surface area contributed by atoms with Crippen molar-refractivity contribution in [1.29, 1.82) is 0 Å². The van der Waals surface area contributed by atoms with Crippen LogP contribution in [0, 0.1) is 12.8 Å². The van der Waals surface area contributed by atoms with Crippen LogP contribution in [0.4, 0.5) is 0 Å². The van der Waals surface area contributed by atoms with Gasteiger partial charge in [0.15, 0.2) is 5.78 Å². The van der Waals surface area contributed by atoms with Gasteiger partial charge in [-0.1, -0.05) is 11.6 Å². The highest BCUT2D eigenvalue weighted by molar-refractivity contribution is 6.39. The molecule has 2 amide bonds. The molecule has 0 bridgehead atoms. The fourth-order valence-corrected chi connectivity index (χ4v) is 3.73. The summed E-state index contributed by atoms with van der Waals surface area (Å²) >= 11 is 5.97. The first-order chi connectivity index (χ1) is 12.4. The third kappa shape index (κ3) is 3.80. The first kappa shape index (κ1) is 18.6. The molecule has 0 unspecified atom stereocenters. The standard InChI is InChI=1S/C19H22ClN3O3/c1-12-10-14(20)5-6-15(12)18(25)13-4-3-9-23(11-13)19(26)16-7-8-17(24)22(2)21-16/h5-6,10,13H,3-4,7-9,11H2,1-2H3/t13-/m1/s1. The van der Waals surface area contributed by atoms with Crippen molar-refractivity contribution in [2.24, 2.45) is 11.0 Å². The molecule has 0 radical (unpaired) electrons. The number of Topliss-reactive ketones (excluding diaryl/α,β-unsaturated/α-hetero) is 1. The lowest BCUT2D eigenvalue weighted by molar-refractivity contribution is -0.130. The monoisotopic (exact) mass is 375 g/mol. The van der Waals surface area contributed by atoms with Crippen LogP contribution < -0.4 is 0 Å². The van der Waals surface area contributed by atoms with Crippen LogP contribution >= 0.6 is 11.6 Å². The number of benzene rings is 1. The van der Waals surface area contributed by atoms with Crippen molar-refractivity contribution in [1.82, 2.24) is 9.91 Å². The van der Waals surface area contributed by atoms with Crippen molar-refractivity contribution < 1.29 is 14.4 Å². The Bertz CT molecular complexity index is 790. The van der Waals surface area contributed by atoms with Gasteiger partial charge >= 0.3 is 0 Å². The zero-order chi connectivity index (χ0) is 18.8. The smallest absolute Gasteiger partial charge is 0.270 e. The summed E-state index contributed by atoms with van der Waals surface area (Å²) < 4.78 is 0. The van der Waals surface area contributed by atoms with Gasteiger partial charge in [0.05, 0.1) is 0 Å². The van der Waals surface area contributed by atoms with E-state index < -0.39 is 0 Å². The van der Waals surface area contributed by atoms with Gasteiger partial charge in [-0.2, -0.15) is 5.10 Å². The minimum atomic E-state index is -0.226. The van der Waals surface area contributed by atoms with Gasteiger partial charge in [0.25, 0.3) is 5.91 Å². The largest absolute Gasteiger partial charge is 0.337 e. The number of hydrazone groups is 1. The van der Waals surface area contributed by atoms with Crippen LogP contribution in [0.15, 0.2) is 23.3 Å². The highest BCUT2D eigenvalue weighted by Gasteiger charge is 2.32. The molecule has 1 aromatic rings. The Kier molecular flexibility index (Phi) is 5.41. The Morgan fingerprint density at radius 3 is 2.73 bits per heavy atom. The molecule has 6 nitrogen and oxygen atoms in total. The molecule has 1 saturated heterocycles. The second kappa shape index (κ2) is 7.58. The summed E-state index contributed by atoms with van der Waals surface area (Å²) in [5.74, 6) is -0.438. The topological polar surface area (TPSA) is 70.1 Å². The lowest BCUT2D eigenvalue weighted by Crippen LogP contribution is -2.46. The van der Waals surface area contributed by atoms with Gasteiger partial charge in [-0.05, 0) is 43.5 Å². The highest BCUT2D eigenvalue weighted by atomic mass is 35.5. The van der Waals surface area contributed by atoms with Crippen LogP contribution in [0.5, 0.6) is 0 Å². The van der Waals surface area contributed by atoms with Gasteiger partial charge in [0.1, 0.15) is 5.71 Å². The van der Waals surface area contributed by atoms with E-state index in [-0.39, 0.29) is 23.5 Å². The number of rotatable bonds is 3. The van der Waals surface area contributed by atoms with Crippen LogP contribution in [-0.2, 0) is 9.59 Å². The van der Waals surface area contributed by atoms with Gasteiger partial charge in [0.2, 0.25) is 5.91 Å². The fourth-order valence-electron chi connectivity index (χ4n) is 3.51. The molecule has 138 valence electrons. The highest BCUT2D eigenvalue weighted by Crippen LogP contribution is 2.25. The first-order valence-corrected chi connectivity index (χ1v) is 9.18. The maximum absolute atomic E-state index is 12.9. The Labute approximate surface area is 157 Å². The average molecular weight is 376 g/mol. The van der Waals surface area contributed by atoms with Crippen LogP contribution in [0.2, 0.25) is 5.02 Å². The van der Waals surface area contributed by atoms with Gasteiger partial charge in [-0.15, -0.1) is 0 Å². The number of carbonyl (C=O) groups is 3. The number of likely N-dealkylation sites (tertiary alicyclic amines) is 1. The van der Waals surface area contributed by atoms with Crippen molar-refractivity contribution in [3.05, 3.63) is 34.3 Å². The van der Waals surface area contributed by atoms with Crippen LogP contribution in [0.1, 0.15) is 41.6 Å².